The third-order valence-corrected chi connectivity index (χ3v) is 4.34. The Labute approximate surface area is 128 Å². The highest BCUT2D eigenvalue weighted by Gasteiger charge is 2.29. The molecule has 0 spiro atoms. The van der Waals surface area contributed by atoms with Gasteiger partial charge in [-0.15, -0.1) is 0 Å². The topological polar surface area (TPSA) is 61.5 Å². The van der Waals surface area contributed by atoms with Crippen molar-refractivity contribution in [2.24, 2.45) is 0 Å². The molecule has 2 aliphatic rings. The number of ether oxygens (including phenoxy) is 1. The summed E-state index contributed by atoms with van der Waals surface area (Å²) in [6.07, 6.45) is 0.827. The van der Waals surface area contributed by atoms with Gasteiger partial charge in [-0.1, -0.05) is 12.1 Å². The van der Waals surface area contributed by atoms with Gasteiger partial charge in [-0.3, -0.25) is 9.89 Å². The number of anilines is 2. The van der Waals surface area contributed by atoms with Crippen molar-refractivity contribution in [3.8, 4) is 5.75 Å². The van der Waals surface area contributed by atoms with Gasteiger partial charge in [0.15, 0.2) is 5.82 Å². The largest absolute Gasteiger partial charge is 0.490 e. The van der Waals surface area contributed by atoms with Gasteiger partial charge in [0.25, 0.3) is 0 Å². The molecular formula is C16H18N4O2. The lowest BCUT2D eigenvalue weighted by atomic mass is 10.1. The summed E-state index contributed by atoms with van der Waals surface area (Å²) < 4.78 is 5.71. The maximum atomic E-state index is 11.7. The first-order chi connectivity index (χ1) is 10.7. The van der Waals surface area contributed by atoms with E-state index < -0.39 is 0 Å². The number of carbonyl (C=O) groups is 1. The predicted molar refractivity (Wildman–Crippen MR) is 82.3 cm³/mol. The lowest BCUT2D eigenvalue weighted by Crippen LogP contribution is -2.35. The Balaban J connectivity index is 1.74. The van der Waals surface area contributed by atoms with Crippen LogP contribution in [0.4, 0.5) is 11.5 Å². The first-order valence-corrected chi connectivity index (χ1v) is 7.55. The fraction of sp³-hybridized carbons (Fsp3) is 0.375. The number of nitrogens with zero attached hydrogens (tertiary/aromatic N) is 3. The highest BCUT2D eigenvalue weighted by molar-refractivity contribution is 5.75. The van der Waals surface area contributed by atoms with E-state index in [9.17, 15) is 4.79 Å². The molecule has 1 aromatic heterocycles. The highest BCUT2D eigenvalue weighted by atomic mass is 16.5. The molecule has 0 saturated carbocycles. The maximum Gasteiger partial charge on any atom is 0.219 e. The number of benzene rings is 1. The molecule has 114 valence electrons. The Morgan fingerprint density at radius 1 is 1.32 bits per heavy atom. The van der Waals surface area contributed by atoms with Crippen molar-refractivity contribution in [1.29, 1.82) is 0 Å². The number of nitrogens with one attached hydrogen (secondary N) is 1. The van der Waals surface area contributed by atoms with Crippen LogP contribution in [0.1, 0.15) is 18.2 Å². The third kappa shape index (κ3) is 2.03. The zero-order valence-electron chi connectivity index (χ0n) is 12.5. The second-order valence-electron chi connectivity index (χ2n) is 5.66. The lowest BCUT2D eigenvalue weighted by Gasteiger charge is -2.32. The molecule has 1 N–H and O–H groups in total. The van der Waals surface area contributed by atoms with Crippen molar-refractivity contribution >= 4 is 17.4 Å². The van der Waals surface area contributed by atoms with Crippen molar-refractivity contribution < 1.29 is 9.53 Å². The normalized spacial score (nSPS) is 16.8. The highest BCUT2D eigenvalue weighted by Crippen LogP contribution is 2.38. The minimum Gasteiger partial charge on any atom is -0.490 e. The second-order valence-corrected chi connectivity index (χ2v) is 5.66. The first kappa shape index (κ1) is 13.2. The molecule has 1 aromatic carbocycles. The molecule has 0 saturated heterocycles. The van der Waals surface area contributed by atoms with Gasteiger partial charge in [-0.25, -0.2) is 0 Å². The Kier molecular flexibility index (Phi) is 3.03. The number of fused-ring (bicyclic) bond motifs is 2. The number of aromatic amines is 1. The van der Waals surface area contributed by atoms with Crippen molar-refractivity contribution in [3.05, 3.63) is 35.5 Å². The number of amides is 1. The van der Waals surface area contributed by atoms with Crippen molar-refractivity contribution in [2.45, 2.75) is 19.9 Å². The smallest absolute Gasteiger partial charge is 0.219 e. The molecule has 0 unspecified atom stereocenters. The zero-order valence-corrected chi connectivity index (χ0v) is 12.5. The summed E-state index contributed by atoms with van der Waals surface area (Å²) >= 11 is 0. The summed E-state index contributed by atoms with van der Waals surface area (Å²) in [6, 6.07) is 7.99. The van der Waals surface area contributed by atoms with E-state index >= 15 is 0 Å². The van der Waals surface area contributed by atoms with Crippen molar-refractivity contribution in [3.63, 3.8) is 0 Å². The molecule has 0 bridgehead atoms. The molecule has 22 heavy (non-hydrogen) atoms. The molecule has 6 heteroatoms. The van der Waals surface area contributed by atoms with Gasteiger partial charge in [-0.2, -0.15) is 5.10 Å². The number of H-pyrrole nitrogens is 1. The quantitative estimate of drug-likeness (QED) is 0.873. The van der Waals surface area contributed by atoms with Crippen LogP contribution in [-0.2, 0) is 17.8 Å². The van der Waals surface area contributed by atoms with Crippen LogP contribution in [0.2, 0.25) is 0 Å². The fourth-order valence-corrected chi connectivity index (χ4v) is 3.16. The number of carbonyl (C=O) groups excluding carboxylic acids is 1. The van der Waals surface area contributed by atoms with E-state index in [4.69, 9.17) is 4.74 Å². The van der Waals surface area contributed by atoms with E-state index in [1.807, 2.05) is 29.2 Å². The Hall–Kier alpha value is -2.50. The molecule has 0 fully saturated rings. The number of rotatable bonds is 1. The van der Waals surface area contributed by atoms with Gasteiger partial charge in [-0.05, 0) is 12.1 Å². The van der Waals surface area contributed by atoms with E-state index in [1.165, 1.54) is 0 Å². The fourth-order valence-electron chi connectivity index (χ4n) is 3.16. The molecule has 4 rings (SSSR count). The van der Waals surface area contributed by atoms with Crippen LogP contribution < -0.4 is 9.64 Å². The average Bonchev–Trinajstić information content (AvgIpc) is 2.97. The summed E-state index contributed by atoms with van der Waals surface area (Å²) in [5.74, 6) is 1.90. The Bertz CT molecular complexity index is 725. The van der Waals surface area contributed by atoms with Gasteiger partial charge in [0.1, 0.15) is 12.4 Å². The van der Waals surface area contributed by atoms with Gasteiger partial charge in [0.05, 0.1) is 18.8 Å². The van der Waals surface area contributed by atoms with E-state index in [0.717, 1.165) is 48.0 Å². The molecule has 2 aliphatic heterocycles. The van der Waals surface area contributed by atoms with Crippen LogP contribution in [0.25, 0.3) is 0 Å². The Morgan fingerprint density at radius 3 is 3.05 bits per heavy atom. The van der Waals surface area contributed by atoms with Crippen LogP contribution >= 0.6 is 0 Å². The Morgan fingerprint density at radius 2 is 2.18 bits per heavy atom. The molecule has 3 heterocycles. The van der Waals surface area contributed by atoms with E-state index in [1.54, 1.807) is 6.92 Å². The molecule has 0 atom stereocenters. The first-order valence-electron chi connectivity index (χ1n) is 7.55. The van der Waals surface area contributed by atoms with Crippen LogP contribution in [0.3, 0.4) is 0 Å². The van der Waals surface area contributed by atoms with Gasteiger partial charge >= 0.3 is 0 Å². The molecule has 0 aliphatic carbocycles. The van der Waals surface area contributed by atoms with E-state index in [0.29, 0.717) is 13.2 Å². The van der Waals surface area contributed by atoms with Crippen LogP contribution in [0.5, 0.6) is 5.75 Å². The monoisotopic (exact) mass is 298 g/mol. The van der Waals surface area contributed by atoms with Gasteiger partial charge < -0.3 is 14.5 Å². The maximum absolute atomic E-state index is 11.7. The summed E-state index contributed by atoms with van der Waals surface area (Å²) in [7, 11) is 0. The average molecular weight is 298 g/mol. The zero-order chi connectivity index (χ0) is 15.1. The number of hydrogen-bond donors (Lipinski definition) is 1. The minimum atomic E-state index is 0.111. The van der Waals surface area contributed by atoms with Crippen LogP contribution in [0, 0.1) is 0 Å². The van der Waals surface area contributed by atoms with Gasteiger partial charge in [0.2, 0.25) is 5.91 Å². The SMILES string of the molecule is CC(=O)N1CCc2[nH]nc(N3CCOc4ccccc43)c2C1. The third-order valence-electron chi connectivity index (χ3n) is 4.34. The molecule has 6 nitrogen and oxygen atoms in total. The summed E-state index contributed by atoms with van der Waals surface area (Å²) in [5.41, 5.74) is 3.29. The van der Waals surface area contributed by atoms with Gasteiger partial charge in [0, 0.05) is 31.1 Å². The second kappa shape index (κ2) is 5.05. The van der Waals surface area contributed by atoms with Crippen molar-refractivity contribution in [2.75, 3.05) is 24.6 Å². The van der Waals surface area contributed by atoms with E-state index in [2.05, 4.69) is 15.1 Å². The molecule has 0 radical (unpaired) electrons. The number of hydrogen-bond acceptors (Lipinski definition) is 4. The summed E-state index contributed by atoms with van der Waals surface area (Å²) in [4.78, 5) is 15.7. The summed E-state index contributed by atoms with van der Waals surface area (Å²) in [5, 5.41) is 7.66. The van der Waals surface area contributed by atoms with Crippen LogP contribution in [0.15, 0.2) is 24.3 Å². The lowest BCUT2D eigenvalue weighted by molar-refractivity contribution is -0.129. The molecular weight excluding hydrogens is 280 g/mol. The minimum absolute atomic E-state index is 0.111. The molecule has 1 amide bonds. The van der Waals surface area contributed by atoms with Crippen molar-refractivity contribution in [1.82, 2.24) is 15.1 Å². The van der Waals surface area contributed by atoms with E-state index in [-0.39, 0.29) is 5.91 Å². The van der Waals surface area contributed by atoms with Crippen LogP contribution in [-0.4, -0.2) is 40.7 Å². The summed E-state index contributed by atoms with van der Waals surface area (Å²) in [6.45, 7) is 4.39. The molecule has 2 aromatic rings. The number of para-hydroxylation sites is 2. The number of aromatic nitrogens is 2. The standard InChI is InChI=1S/C16H18N4O2/c1-11(21)19-7-6-13-12(10-19)16(18-17-13)20-8-9-22-15-5-3-2-4-14(15)20/h2-5H,6-10H2,1H3,(H,17,18). The predicted octanol–water partition coefficient (Wildman–Crippen LogP) is 1.84.